The Morgan fingerprint density at radius 2 is 2.31 bits per heavy atom. The molecule has 1 rings (SSSR count). The van der Waals surface area contributed by atoms with E-state index < -0.39 is 0 Å². The van der Waals surface area contributed by atoms with Crippen LogP contribution in [0.4, 0.5) is 11.6 Å². The van der Waals surface area contributed by atoms with Crippen molar-refractivity contribution in [1.29, 1.82) is 0 Å². The summed E-state index contributed by atoms with van der Waals surface area (Å²) in [5.74, 6) is 0.929. The molecule has 0 bridgehead atoms. The summed E-state index contributed by atoms with van der Waals surface area (Å²) in [7, 11) is 1.61. The van der Waals surface area contributed by atoms with Crippen molar-refractivity contribution in [2.24, 2.45) is 0 Å². The van der Waals surface area contributed by atoms with Crippen molar-refractivity contribution in [1.82, 2.24) is 15.3 Å². The largest absolute Gasteiger partial charge is 0.382 e. The van der Waals surface area contributed by atoms with E-state index in [4.69, 9.17) is 5.73 Å². The highest BCUT2D eigenvalue weighted by Gasteiger charge is 2.11. The van der Waals surface area contributed by atoms with E-state index in [0.717, 1.165) is 13.0 Å². The van der Waals surface area contributed by atoms with Gasteiger partial charge < -0.3 is 16.0 Å². The lowest BCUT2D eigenvalue weighted by molar-refractivity contribution is -0.119. The SMILES string of the molecule is CCCN(CC(=O)NC)c1cncc(N)n1. The van der Waals surface area contributed by atoms with Crippen molar-refractivity contribution in [3.05, 3.63) is 12.4 Å². The summed E-state index contributed by atoms with van der Waals surface area (Å²) >= 11 is 0. The van der Waals surface area contributed by atoms with Gasteiger partial charge in [-0.25, -0.2) is 4.98 Å². The van der Waals surface area contributed by atoms with Crippen LogP contribution in [0.15, 0.2) is 12.4 Å². The molecule has 3 N–H and O–H groups in total. The molecule has 0 aliphatic heterocycles. The number of amides is 1. The van der Waals surface area contributed by atoms with Crippen LogP contribution in [0.25, 0.3) is 0 Å². The van der Waals surface area contributed by atoms with Gasteiger partial charge in [0.05, 0.1) is 18.9 Å². The van der Waals surface area contributed by atoms with Crippen LogP contribution in [-0.4, -0.2) is 36.0 Å². The first-order valence-electron chi connectivity index (χ1n) is 5.20. The Morgan fingerprint density at radius 3 is 2.88 bits per heavy atom. The Kier molecular flexibility index (Phi) is 4.50. The molecule has 0 saturated heterocycles. The molecule has 0 radical (unpaired) electrons. The monoisotopic (exact) mass is 223 g/mol. The zero-order valence-electron chi connectivity index (χ0n) is 9.60. The number of nitrogen functional groups attached to an aromatic ring is 1. The molecule has 1 amide bonds. The maximum Gasteiger partial charge on any atom is 0.239 e. The van der Waals surface area contributed by atoms with Gasteiger partial charge in [0.2, 0.25) is 5.91 Å². The van der Waals surface area contributed by atoms with E-state index >= 15 is 0 Å². The number of hydrogen-bond acceptors (Lipinski definition) is 5. The highest BCUT2D eigenvalue weighted by molar-refractivity contribution is 5.80. The van der Waals surface area contributed by atoms with Crippen molar-refractivity contribution >= 4 is 17.5 Å². The van der Waals surface area contributed by atoms with Gasteiger partial charge in [0.15, 0.2) is 0 Å². The molecule has 0 atom stereocenters. The Morgan fingerprint density at radius 1 is 1.56 bits per heavy atom. The van der Waals surface area contributed by atoms with Crippen molar-refractivity contribution in [2.75, 3.05) is 30.8 Å². The minimum atomic E-state index is -0.0577. The standard InChI is InChI=1S/C10H17N5O/c1-3-4-15(7-10(16)12-2)9-6-13-5-8(11)14-9/h5-6H,3-4,7H2,1-2H3,(H2,11,14)(H,12,16). The summed E-state index contributed by atoms with van der Waals surface area (Å²) in [6.45, 7) is 3.05. The molecule has 1 heterocycles. The van der Waals surface area contributed by atoms with E-state index in [1.165, 1.54) is 6.20 Å². The molecular weight excluding hydrogens is 206 g/mol. The second-order valence-corrected chi connectivity index (χ2v) is 3.40. The Hall–Kier alpha value is -1.85. The van der Waals surface area contributed by atoms with E-state index in [1.54, 1.807) is 13.2 Å². The quantitative estimate of drug-likeness (QED) is 0.735. The maximum atomic E-state index is 11.3. The summed E-state index contributed by atoms with van der Waals surface area (Å²) in [6.07, 6.45) is 4.01. The summed E-state index contributed by atoms with van der Waals surface area (Å²) in [4.78, 5) is 21.3. The van der Waals surface area contributed by atoms with E-state index in [-0.39, 0.29) is 12.5 Å². The molecule has 1 aromatic rings. The molecule has 0 spiro atoms. The molecule has 1 aromatic heterocycles. The predicted octanol–water partition coefficient (Wildman–Crippen LogP) is 0.0212. The van der Waals surface area contributed by atoms with Crippen molar-refractivity contribution in [3.8, 4) is 0 Å². The topological polar surface area (TPSA) is 84.1 Å². The van der Waals surface area contributed by atoms with Gasteiger partial charge in [0.25, 0.3) is 0 Å². The third kappa shape index (κ3) is 3.38. The molecular formula is C10H17N5O. The number of nitrogens with one attached hydrogen (secondary N) is 1. The number of rotatable bonds is 5. The number of nitrogens with zero attached hydrogens (tertiary/aromatic N) is 3. The van der Waals surface area contributed by atoms with Crippen molar-refractivity contribution < 1.29 is 4.79 Å². The second kappa shape index (κ2) is 5.89. The third-order valence-electron chi connectivity index (χ3n) is 2.07. The average Bonchev–Trinajstić information content (AvgIpc) is 2.28. The number of hydrogen-bond donors (Lipinski definition) is 2. The van der Waals surface area contributed by atoms with Crippen LogP contribution in [0, 0.1) is 0 Å². The van der Waals surface area contributed by atoms with Crippen LogP contribution in [0.3, 0.4) is 0 Å². The van der Waals surface area contributed by atoms with Crippen molar-refractivity contribution in [3.63, 3.8) is 0 Å². The number of likely N-dealkylation sites (N-methyl/N-ethyl adjacent to an activating group) is 1. The van der Waals surface area contributed by atoms with E-state index in [2.05, 4.69) is 15.3 Å². The molecule has 6 heteroatoms. The first-order valence-corrected chi connectivity index (χ1v) is 5.20. The van der Waals surface area contributed by atoms with Gasteiger partial charge in [-0.3, -0.25) is 9.78 Å². The van der Waals surface area contributed by atoms with Crippen LogP contribution in [-0.2, 0) is 4.79 Å². The summed E-state index contributed by atoms with van der Waals surface area (Å²) in [5, 5.41) is 2.58. The first-order chi connectivity index (χ1) is 7.67. The fourth-order valence-corrected chi connectivity index (χ4v) is 1.32. The van der Waals surface area contributed by atoms with Crippen LogP contribution in [0.1, 0.15) is 13.3 Å². The van der Waals surface area contributed by atoms with E-state index in [0.29, 0.717) is 11.6 Å². The molecule has 0 unspecified atom stereocenters. The first kappa shape index (κ1) is 12.2. The predicted molar refractivity (Wildman–Crippen MR) is 63.0 cm³/mol. The number of aromatic nitrogens is 2. The van der Waals surface area contributed by atoms with E-state index in [9.17, 15) is 4.79 Å². The lowest BCUT2D eigenvalue weighted by atomic mass is 10.4. The average molecular weight is 223 g/mol. The van der Waals surface area contributed by atoms with Gasteiger partial charge in [0.1, 0.15) is 11.6 Å². The zero-order valence-corrected chi connectivity index (χ0v) is 9.60. The number of carbonyl (C=O) groups is 1. The highest BCUT2D eigenvalue weighted by atomic mass is 16.1. The summed E-state index contributed by atoms with van der Waals surface area (Å²) in [5.41, 5.74) is 5.56. The minimum absolute atomic E-state index is 0.0577. The molecule has 0 aliphatic rings. The molecule has 0 fully saturated rings. The summed E-state index contributed by atoms with van der Waals surface area (Å²) < 4.78 is 0. The van der Waals surface area contributed by atoms with Crippen LogP contribution >= 0.6 is 0 Å². The van der Waals surface area contributed by atoms with Crippen LogP contribution in [0.5, 0.6) is 0 Å². The van der Waals surface area contributed by atoms with Crippen LogP contribution in [0.2, 0.25) is 0 Å². The number of carbonyl (C=O) groups excluding carboxylic acids is 1. The van der Waals surface area contributed by atoms with E-state index in [1.807, 2.05) is 11.8 Å². The van der Waals surface area contributed by atoms with Crippen molar-refractivity contribution in [2.45, 2.75) is 13.3 Å². The molecule has 0 aromatic carbocycles. The molecule has 0 saturated carbocycles. The Balaban J connectivity index is 2.80. The van der Waals surface area contributed by atoms with Gasteiger partial charge in [-0.05, 0) is 6.42 Å². The minimum Gasteiger partial charge on any atom is -0.382 e. The zero-order chi connectivity index (χ0) is 12.0. The lowest BCUT2D eigenvalue weighted by Gasteiger charge is -2.21. The Bertz CT molecular complexity index is 355. The van der Waals surface area contributed by atoms with Crippen LogP contribution < -0.4 is 16.0 Å². The van der Waals surface area contributed by atoms with Gasteiger partial charge >= 0.3 is 0 Å². The second-order valence-electron chi connectivity index (χ2n) is 3.40. The fraction of sp³-hybridized carbons (Fsp3) is 0.500. The number of nitrogens with two attached hydrogens (primary N) is 1. The van der Waals surface area contributed by atoms with Gasteiger partial charge in [0, 0.05) is 13.6 Å². The highest BCUT2D eigenvalue weighted by Crippen LogP contribution is 2.10. The lowest BCUT2D eigenvalue weighted by Crippen LogP contribution is -2.36. The molecule has 6 nitrogen and oxygen atoms in total. The Labute approximate surface area is 94.9 Å². The van der Waals surface area contributed by atoms with Gasteiger partial charge in [-0.2, -0.15) is 0 Å². The molecule has 0 aliphatic carbocycles. The normalized spacial score (nSPS) is 9.88. The van der Waals surface area contributed by atoms with Gasteiger partial charge in [-0.1, -0.05) is 6.92 Å². The molecule has 88 valence electrons. The summed E-state index contributed by atoms with van der Waals surface area (Å²) in [6, 6.07) is 0. The number of anilines is 2. The molecule has 16 heavy (non-hydrogen) atoms. The van der Waals surface area contributed by atoms with Gasteiger partial charge in [-0.15, -0.1) is 0 Å². The fourth-order valence-electron chi connectivity index (χ4n) is 1.32. The maximum absolute atomic E-state index is 11.3. The third-order valence-corrected chi connectivity index (χ3v) is 2.07. The smallest absolute Gasteiger partial charge is 0.239 e.